The van der Waals surface area contributed by atoms with E-state index in [1.165, 1.54) is 0 Å². The number of rotatable bonds is 2. The fraction of sp³-hybridized carbons (Fsp3) is 0.333. The molecule has 0 fully saturated rings. The summed E-state index contributed by atoms with van der Waals surface area (Å²) >= 11 is 10.5. The molecule has 7 heteroatoms. The van der Waals surface area contributed by atoms with E-state index in [4.69, 9.17) is 32.7 Å². The highest BCUT2D eigenvalue weighted by molar-refractivity contribution is 8.05. The Bertz CT molecular complexity index is 312. The van der Waals surface area contributed by atoms with Gasteiger partial charge in [0.2, 0.25) is 0 Å². The fourth-order valence-corrected chi connectivity index (χ4v) is 2.00. The van der Waals surface area contributed by atoms with E-state index in [1.54, 1.807) is 6.08 Å². The molecule has 0 bridgehead atoms. The first-order valence-corrected chi connectivity index (χ1v) is 7.14. The lowest BCUT2D eigenvalue weighted by molar-refractivity contribution is 0.390. The van der Waals surface area contributed by atoms with E-state index in [1.807, 2.05) is 13.9 Å². The van der Waals surface area contributed by atoms with E-state index in [9.17, 15) is 4.57 Å². The lowest BCUT2D eigenvalue weighted by Crippen LogP contribution is -2.25. The second kappa shape index (κ2) is 4.10. The van der Waals surface area contributed by atoms with Gasteiger partial charge >= 0.3 is 6.07 Å². The molecule has 0 aliphatic heterocycles. The summed E-state index contributed by atoms with van der Waals surface area (Å²) in [6.45, 7) is 0. The summed E-state index contributed by atoms with van der Waals surface area (Å²) in [5, 5.41) is 0. The van der Waals surface area contributed by atoms with E-state index in [-0.39, 0.29) is 6.04 Å². The first kappa shape index (κ1) is 11.2. The predicted molar refractivity (Wildman–Crippen MR) is 57.7 cm³/mol. The van der Waals surface area contributed by atoms with Crippen LogP contribution in [0.4, 0.5) is 0 Å². The van der Waals surface area contributed by atoms with Crippen molar-refractivity contribution in [1.82, 2.24) is 0 Å². The van der Waals surface area contributed by atoms with Gasteiger partial charge in [-0.15, -0.1) is 5.47 Å². The molecule has 0 spiro atoms. The molecule has 3 nitrogen and oxygen atoms in total. The SMILES string of the molecule is BC1=CC=C(OP(=O)(Cl)Cl)C(N)C1. The van der Waals surface area contributed by atoms with Gasteiger partial charge in [-0.25, -0.2) is 4.57 Å². The molecule has 2 N–H and O–H groups in total. The molecule has 1 atom stereocenters. The maximum absolute atomic E-state index is 10.9. The van der Waals surface area contributed by atoms with Crippen LogP contribution in [0.3, 0.4) is 0 Å². The molecule has 1 aliphatic rings. The van der Waals surface area contributed by atoms with E-state index in [0.717, 1.165) is 5.47 Å². The standard InChI is InChI=1S/C6H9BCl2NO2P/c7-4-1-2-6(5(10)3-4)12-13(8,9)11/h1-2,5H,3,7,10H2. The van der Waals surface area contributed by atoms with Gasteiger partial charge in [0.15, 0.2) is 0 Å². The number of hydrogen-bond donors (Lipinski definition) is 1. The Kier molecular flexibility index (Phi) is 3.53. The zero-order chi connectivity index (χ0) is 10.1. The van der Waals surface area contributed by atoms with Crippen LogP contribution in [0.1, 0.15) is 6.42 Å². The number of halogens is 2. The van der Waals surface area contributed by atoms with Gasteiger partial charge in [0.25, 0.3) is 0 Å². The molecule has 1 unspecified atom stereocenters. The van der Waals surface area contributed by atoms with Crippen LogP contribution < -0.4 is 5.73 Å². The Morgan fingerprint density at radius 3 is 2.69 bits per heavy atom. The van der Waals surface area contributed by atoms with Crippen molar-refractivity contribution in [2.75, 3.05) is 0 Å². The minimum Gasteiger partial charge on any atom is -0.425 e. The van der Waals surface area contributed by atoms with Gasteiger partial charge in [0.1, 0.15) is 13.6 Å². The summed E-state index contributed by atoms with van der Waals surface area (Å²) in [5.41, 5.74) is 6.84. The molecule has 0 aromatic carbocycles. The lowest BCUT2D eigenvalue weighted by atomic mass is 9.86. The van der Waals surface area contributed by atoms with Crippen LogP contribution in [0.2, 0.25) is 0 Å². The quantitative estimate of drug-likeness (QED) is 0.590. The lowest BCUT2D eigenvalue weighted by Gasteiger charge is -2.20. The summed E-state index contributed by atoms with van der Waals surface area (Å²) in [5.74, 6) is 0.374. The second-order valence-corrected chi connectivity index (χ2v) is 7.10. The Balaban J connectivity index is 2.75. The molecular formula is C6H9BCl2NO2P. The van der Waals surface area contributed by atoms with Crippen molar-refractivity contribution in [3.8, 4) is 0 Å². The van der Waals surface area contributed by atoms with Crippen molar-refractivity contribution in [3.63, 3.8) is 0 Å². The third kappa shape index (κ3) is 3.78. The highest BCUT2D eigenvalue weighted by atomic mass is 35.9. The molecule has 1 aliphatic carbocycles. The van der Waals surface area contributed by atoms with Crippen molar-refractivity contribution < 1.29 is 9.09 Å². The molecule has 0 aromatic heterocycles. The van der Waals surface area contributed by atoms with Crippen molar-refractivity contribution in [1.29, 1.82) is 0 Å². The number of allylic oxidation sites excluding steroid dienone is 2. The molecule has 0 saturated carbocycles. The Labute approximate surface area is 87.4 Å². The first-order valence-electron chi connectivity index (χ1n) is 3.70. The Hall–Kier alpha value is 0.115. The van der Waals surface area contributed by atoms with Gasteiger partial charge in [-0.05, 0) is 12.5 Å². The minimum absolute atomic E-state index is 0.309. The number of hydrogen-bond acceptors (Lipinski definition) is 3. The Morgan fingerprint density at radius 2 is 2.23 bits per heavy atom. The summed E-state index contributed by atoms with van der Waals surface area (Å²) in [6.07, 6.45) is 0.617. The van der Waals surface area contributed by atoms with Gasteiger partial charge in [0, 0.05) is 22.5 Å². The maximum atomic E-state index is 10.9. The van der Waals surface area contributed by atoms with Crippen LogP contribution in [0.5, 0.6) is 0 Å². The molecule has 72 valence electrons. The van der Waals surface area contributed by atoms with Crippen molar-refractivity contribution in [2.45, 2.75) is 12.5 Å². The smallest absolute Gasteiger partial charge is 0.425 e. The van der Waals surface area contributed by atoms with Gasteiger partial charge in [-0.1, -0.05) is 6.08 Å². The summed E-state index contributed by atoms with van der Waals surface area (Å²) in [4.78, 5) is 0. The highest BCUT2D eigenvalue weighted by Crippen LogP contribution is 2.59. The van der Waals surface area contributed by atoms with Crippen molar-refractivity contribution >= 4 is 36.4 Å². The average Bonchev–Trinajstić information content (AvgIpc) is 1.93. The molecular weight excluding hydrogens is 231 g/mol. The second-order valence-electron chi connectivity index (χ2n) is 2.90. The molecule has 1 rings (SSSR count). The van der Waals surface area contributed by atoms with E-state index >= 15 is 0 Å². The molecule has 0 amide bonds. The third-order valence-electron chi connectivity index (χ3n) is 1.65. The van der Waals surface area contributed by atoms with Gasteiger partial charge in [0.05, 0.1) is 6.04 Å². The van der Waals surface area contributed by atoms with Crippen LogP contribution >= 0.6 is 28.6 Å². The summed E-state index contributed by atoms with van der Waals surface area (Å²) in [6, 6.07) is -0.309. The molecule has 0 aromatic rings. The zero-order valence-corrected chi connectivity index (χ0v) is 9.44. The zero-order valence-electron chi connectivity index (χ0n) is 7.04. The molecule has 0 radical (unpaired) electrons. The van der Waals surface area contributed by atoms with Crippen molar-refractivity contribution in [2.24, 2.45) is 5.73 Å². The van der Waals surface area contributed by atoms with Gasteiger partial charge in [-0.3, -0.25) is 0 Å². The third-order valence-corrected chi connectivity index (χ3v) is 2.49. The fourth-order valence-electron chi connectivity index (χ4n) is 1.08. The van der Waals surface area contributed by atoms with Crippen LogP contribution in [0, 0.1) is 0 Å². The summed E-state index contributed by atoms with van der Waals surface area (Å²) in [7, 11) is 1.95. The van der Waals surface area contributed by atoms with Crippen LogP contribution in [-0.2, 0) is 9.09 Å². The van der Waals surface area contributed by atoms with Crippen LogP contribution in [0.25, 0.3) is 0 Å². The molecule has 13 heavy (non-hydrogen) atoms. The first-order chi connectivity index (χ1) is 5.88. The van der Waals surface area contributed by atoms with Gasteiger partial charge < -0.3 is 10.3 Å². The largest absolute Gasteiger partial charge is 0.427 e. The predicted octanol–water partition coefficient (Wildman–Crippen LogP) is 1.72. The minimum atomic E-state index is -3.52. The van der Waals surface area contributed by atoms with E-state index in [0.29, 0.717) is 12.2 Å². The highest BCUT2D eigenvalue weighted by Gasteiger charge is 2.23. The monoisotopic (exact) mass is 239 g/mol. The topological polar surface area (TPSA) is 52.3 Å². The van der Waals surface area contributed by atoms with Gasteiger partial charge in [-0.2, -0.15) is 0 Å². The van der Waals surface area contributed by atoms with Crippen LogP contribution in [0.15, 0.2) is 23.4 Å². The van der Waals surface area contributed by atoms with E-state index in [2.05, 4.69) is 0 Å². The number of nitrogens with two attached hydrogens (primary N) is 1. The normalized spacial score (nSPS) is 23.5. The van der Waals surface area contributed by atoms with Crippen molar-refractivity contribution in [3.05, 3.63) is 23.4 Å². The molecule has 0 heterocycles. The Morgan fingerprint density at radius 1 is 1.62 bits per heavy atom. The summed E-state index contributed by atoms with van der Waals surface area (Å²) < 4.78 is 15.7. The van der Waals surface area contributed by atoms with E-state index < -0.39 is 6.07 Å². The average molecular weight is 240 g/mol. The molecule has 0 saturated heterocycles. The van der Waals surface area contributed by atoms with Crippen LogP contribution in [-0.4, -0.2) is 13.9 Å². The maximum Gasteiger partial charge on any atom is 0.427 e.